The van der Waals surface area contributed by atoms with Gasteiger partial charge in [0.1, 0.15) is 5.75 Å². The minimum atomic E-state index is -0.477. The number of ether oxygens (including phenoxy) is 1. The molecule has 174 valence electrons. The van der Waals surface area contributed by atoms with Crippen molar-refractivity contribution in [3.63, 3.8) is 0 Å². The molecule has 3 N–H and O–H groups in total. The van der Waals surface area contributed by atoms with E-state index in [1.807, 2.05) is 0 Å². The number of fused-ring (bicyclic) bond motifs is 5. The molecule has 32 heavy (non-hydrogen) atoms. The van der Waals surface area contributed by atoms with E-state index in [9.17, 15) is 9.90 Å². The van der Waals surface area contributed by atoms with Gasteiger partial charge in [-0.2, -0.15) is 0 Å². The Morgan fingerprint density at radius 2 is 2.00 bits per heavy atom. The van der Waals surface area contributed by atoms with Crippen LogP contribution in [0.15, 0.2) is 30.1 Å². The number of primary amides is 1. The second kappa shape index (κ2) is 7.86. The molecule has 1 aromatic rings. The summed E-state index contributed by atoms with van der Waals surface area (Å²) in [5.41, 5.74) is 7.91. The summed E-state index contributed by atoms with van der Waals surface area (Å²) < 4.78 is 6.35. The van der Waals surface area contributed by atoms with Crippen molar-refractivity contribution in [1.29, 1.82) is 0 Å². The number of nitrogens with two attached hydrogens (primary N) is 1. The lowest BCUT2D eigenvalue weighted by molar-refractivity contribution is -0.0643. The number of amides is 1. The Morgan fingerprint density at radius 1 is 1.19 bits per heavy atom. The second-order valence-electron chi connectivity index (χ2n) is 11.5. The smallest absolute Gasteiger partial charge is 0.250 e. The minimum Gasteiger partial charge on any atom is -0.489 e. The molecule has 1 heterocycles. The topological polar surface area (TPSA) is 85.4 Å². The highest BCUT2D eigenvalue weighted by Crippen LogP contribution is 2.66. The number of hydrogen-bond donors (Lipinski definition) is 2. The summed E-state index contributed by atoms with van der Waals surface area (Å²) >= 11 is 0. The van der Waals surface area contributed by atoms with Crippen LogP contribution in [0.1, 0.15) is 82.5 Å². The summed E-state index contributed by atoms with van der Waals surface area (Å²) in [6, 6.07) is 1.71. The van der Waals surface area contributed by atoms with Crippen molar-refractivity contribution in [2.24, 2.45) is 40.2 Å². The molecule has 0 aliphatic heterocycles. The van der Waals surface area contributed by atoms with E-state index in [1.54, 1.807) is 12.3 Å². The van der Waals surface area contributed by atoms with E-state index in [2.05, 4.69) is 31.8 Å². The molecular formula is C27H38N2O3. The third kappa shape index (κ3) is 3.39. The molecule has 0 saturated heterocycles. The van der Waals surface area contributed by atoms with E-state index < -0.39 is 5.91 Å². The van der Waals surface area contributed by atoms with Gasteiger partial charge in [-0.15, -0.1) is 0 Å². The van der Waals surface area contributed by atoms with Gasteiger partial charge in [0.05, 0.1) is 24.0 Å². The van der Waals surface area contributed by atoms with Crippen LogP contribution in [0.25, 0.3) is 0 Å². The van der Waals surface area contributed by atoms with E-state index in [4.69, 9.17) is 10.5 Å². The van der Waals surface area contributed by atoms with Gasteiger partial charge in [0, 0.05) is 12.1 Å². The molecule has 0 bridgehead atoms. The Bertz CT molecular complexity index is 929. The summed E-state index contributed by atoms with van der Waals surface area (Å²) in [6.07, 6.45) is 14.7. The molecule has 1 aromatic heterocycles. The van der Waals surface area contributed by atoms with Crippen LogP contribution in [0.4, 0.5) is 0 Å². The fourth-order valence-corrected chi connectivity index (χ4v) is 8.37. The molecule has 0 radical (unpaired) electrons. The Balaban J connectivity index is 1.35. The normalized spacial score (nSPS) is 41.6. The summed E-state index contributed by atoms with van der Waals surface area (Å²) in [6.45, 7) is 7.18. The molecule has 0 unspecified atom stereocenters. The number of hydrogen-bond acceptors (Lipinski definition) is 4. The van der Waals surface area contributed by atoms with Crippen LogP contribution >= 0.6 is 0 Å². The van der Waals surface area contributed by atoms with Gasteiger partial charge < -0.3 is 15.6 Å². The molecule has 3 fully saturated rings. The summed E-state index contributed by atoms with van der Waals surface area (Å²) in [4.78, 5) is 15.7. The third-order valence-electron chi connectivity index (χ3n) is 10.0. The number of pyridine rings is 1. The highest BCUT2D eigenvalue weighted by molar-refractivity contribution is 5.92. The molecule has 4 aliphatic rings. The maximum Gasteiger partial charge on any atom is 0.250 e. The average molecular weight is 439 g/mol. The van der Waals surface area contributed by atoms with Gasteiger partial charge in [-0.3, -0.25) is 9.78 Å². The maximum atomic E-state index is 11.5. The molecular weight excluding hydrogens is 400 g/mol. The van der Waals surface area contributed by atoms with Crippen molar-refractivity contribution in [3.05, 3.63) is 35.7 Å². The monoisotopic (exact) mass is 438 g/mol. The van der Waals surface area contributed by atoms with Crippen LogP contribution < -0.4 is 10.5 Å². The van der Waals surface area contributed by atoms with Gasteiger partial charge in [0.2, 0.25) is 5.91 Å². The Kier molecular flexibility index (Phi) is 5.39. The fourth-order valence-electron chi connectivity index (χ4n) is 8.37. The third-order valence-corrected chi connectivity index (χ3v) is 10.0. The van der Waals surface area contributed by atoms with Crippen LogP contribution in [-0.4, -0.2) is 28.2 Å². The maximum absolute atomic E-state index is 11.5. The summed E-state index contributed by atoms with van der Waals surface area (Å²) in [7, 11) is 0. The minimum absolute atomic E-state index is 0.0709. The number of aromatic nitrogens is 1. The number of aliphatic hydroxyl groups excluding tert-OH is 1. The van der Waals surface area contributed by atoms with Crippen LogP contribution in [-0.2, 0) is 0 Å². The van der Waals surface area contributed by atoms with Crippen molar-refractivity contribution < 1.29 is 14.6 Å². The highest BCUT2D eigenvalue weighted by Gasteiger charge is 2.59. The number of rotatable bonds is 4. The van der Waals surface area contributed by atoms with Crippen LogP contribution in [0.3, 0.4) is 0 Å². The molecule has 3 saturated carbocycles. The number of carbonyl (C=O) groups is 1. The lowest BCUT2D eigenvalue weighted by Crippen LogP contribution is -2.51. The lowest BCUT2D eigenvalue weighted by atomic mass is 9.47. The number of nitrogens with zero attached hydrogens (tertiary/aromatic N) is 1. The van der Waals surface area contributed by atoms with Gasteiger partial charge >= 0.3 is 0 Å². The van der Waals surface area contributed by atoms with E-state index in [0.717, 1.165) is 37.0 Å². The molecule has 1 amide bonds. The average Bonchev–Trinajstić information content (AvgIpc) is 3.12. The molecule has 5 nitrogen and oxygen atoms in total. The lowest BCUT2D eigenvalue weighted by Gasteiger charge is -2.58. The van der Waals surface area contributed by atoms with Crippen molar-refractivity contribution in [3.8, 4) is 5.75 Å². The summed E-state index contributed by atoms with van der Waals surface area (Å²) in [5.74, 6) is 2.88. The number of aliphatic hydroxyl groups is 1. The first-order valence-corrected chi connectivity index (χ1v) is 12.5. The van der Waals surface area contributed by atoms with Crippen molar-refractivity contribution in [1.82, 2.24) is 4.98 Å². The Morgan fingerprint density at radius 3 is 2.78 bits per heavy atom. The zero-order chi connectivity index (χ0) is 22.7. The standard InChI is InChI=1S/C27H38N2O3/c1-16(32-20-12-17(25(28)31)14-29-15-20)22-6-7-23-21-5-4-18-13-19(30)8-10-26(18,2)24(21)9-11-27(22,23)3/h4,12,14-16,19,21-24,30H,5-11,13H2,1-3H3,(H2,28,31)/t16-,19-,21-,22+,23-,24-,26-,27+/m0/s1. The largest absolute Gasteiger partial charge is 0.489 e. The SMILES string of the molecule is C[C@H](Oc1cncc(C(N)=O)c1)[C@H]1CC[C@H]2[C@@H]3CC=C4C[C@@H](O)CC[C@]4(C)[C@H]3CC[C@]12C. The van der Waals surface area contributed by atoms with Crippen LogP contribution in [0.5, 0.6) is 5.75 Å². The Hall–Kier alpha value is -1.88. The molecule has 0 spiro atoms. The van der Waals surface area contributed by atoms with Crippen molar-refractivity contribution in [2.45, 2.75) is 84.3 Å². The van der Waals surface area contributed by atoms with Gasteiger partial charge in [-0.25, -0.2) is 0 Å². The first-order valence-electron chi connectivity index (χ1n) is 12.5. The zero-order valence-electron chi connectivity index (χ0n) is 19.7. The van der Waals surface area contributed by atoms with Crippen LogP contribution in [0, 0.1) is 34.5 Å². The van der Waals surface area contributed by atoms with Crippen molar-refractivity contribution in [2.75, 3.05) is 0 Å². The second-order valence-corrected chi connectivity index (χ2v) is 11.5. The fraction of sp³-hybridized carbons (Fsp3) is 0.704. The van der Waals surface area contributed by atoms with Gasteiger partial charge in [-0.05, 0) is 92.9 Å². The van der Waals surface area contributed by atoms with E-state index in [1.165, 1.54) is 43.9 Å². The van der Waals surface area contributed by atoms with Crippen LogP contribution in [0.2, 0.25) is 0 Å². The quantitative estimate of drug-likeness (QED) is 0.656. The predicted octanol–water partition coefficient (Wildman–Crippen LogP) is 4.89. The van der Waals surface area contributed by atoms with E-state index in [-0.39, 0.29) is 23.0 Å². The zero-order valence-corrected chi connectivity index (χ0v) is 19.7. The van der Waals surface area contributed by atoms with Crippen molar-refractivity contribution >= 4 is 5.91 Å². The molecule has 8 atom stereocenters. The van der Waals surface area contributed by atoms with E-state index in [0.29, 0.717) is 17.2 Å². The number of carbonyl (C=O) groups excluding carboxylic acids is 1. The molecule has 5 rings (SSSR count). The number of allylic oxidation sites excluding steroid dienone is 1. The Labute approximate surface area is 191 Å². The first-order chi connectivity index (χ1) is 15.2. The molecule has 5 heteroatoms. The van der Waals surface area contributed by atoms with Gasteiger partial charge in [0.15, 0.2) is 0 Å². The highest BCUT2D eigenvalue weighted by atomic mass is 16.5. The summed E-state index contributed by atoms with van der Waals surface area (Å²) in [5, 5.41) is 10.2. The van der Waals surface area contributed by atoms with E-state index >= 15 is 0 Å². The first kappa shape index (κ1) is 21.9. The molecule has 0 aromatic carbocycles. The predicted molar refractivity (Wildman–Crippen MR) is 124 cm³/mol. The van der Waals surface area contributed by atoms with Gasteiger partial charge in [0.25, 0.3) is 0 Å². The molecule has 4 aliphatic carbocycles. The van der Waals surface area contributed by atoms with Gasteiger partial charge in [-0.1, -0.05) is 25.5 Å².